The number of nitrogens with one attached hydrogen (secondary N) is 1. The molecule has 2 nitrogen and oxygen atoms in total. The van der Waals surface area contributed by atoms with Crippen LogP contribution < -0.4 is 10.1 Å². The third-order valence-corrected chi connectivity index (χ3v) is 3.63. The Morgan fingerprint density at radius 2 is 1.75 bits per heavy atom. The van der Waals surface area contributed by atoms with Crippen LogP contribution in [0.25, 0.3) is 0 Å². The normalized spacial score (nSPS) is 18.9. The Kier molecular flexibility index (Phi) is 2.59. The molecule has 98 valence electrons. The maximum absolute atomic E-state index is 5.95. The van der Waals surface area contributed by atoms with E-state index in [-0.39, 0.29) is 0 Å². The molecule has 0 radical (unpaired) electrons. The molecule has 0 unspecified atom stereocenters. The van der Waals surface area contributed by atoms with E-state index in [9.17, 15) is 0 Å². The molecule has 0 aromatic heterocycles. The van der Waals surface area contributed by atoms with Crippen molar-refractivity contribution in [2.45, 2.75) is 6.42 Å². The lowest BCUT2D eigenvalue weighted by atomic mass is 10.2. The number of ether oxygens (including phenoxy) is 1. The molecular formula is C18H15NO. The highest BCUT2D eigenvalue weighted by atomic mass is 16.5. The van der Waals surface area contributed by atoms with Crippen molar-refractivity contribution in [3.8, 4) is 11.5 Å². The van der Waals surface area contributed by atoms with Crippen LogP contribution in [0.5, 0.6) is 11.5 Å². The minimum Gasteiger partial charge on any atom is -0.455 e. The van der Waals surface area contributed by atoms with E-state index in [2.05, 4.69) is 17.5 Å². The molecule has 2 aromatic carbocycles. The van der Waals surface area contributed by atoms with Crippen molar-refractivity contribution in [3.05, 3.63) is 78.0 Å². The highest BCUT2D eigenvalue weighted by Gasteiger charge is 2.32. The van der Waals surface area contributed by atoms with Crippen LogP contribution in [-0.4, -0.2) is 0 Å². The van der Waals surface area contributed by atoms with Gasteiger partial charge in [0.1, 0.15) is 5.75 Å². The minimum atomic E-state index is 0.694. The van der Waals surface area contributed by atoms with E-state index in [0.29, 0.717) is 5.92 Å². The average Bonchev–Trinajstić information content (AvgIpc) is 3.09. The standard InChI is InChI=1S/C18H15NO/c1-2-6-16(7-3-1)20-18-9-5-4-8-17(18)19-15-11-13-10-14(13)12-15/h1-9,11-13,19H,10H2/t13-/m0/s1. The van der Waals surface area contributed by atoms with Gasteiger partial charge in [0, 0.05) is 11.6 Å². The summed E-state index contributed by atoms with van der Waals surface area (Å²) in [7, 11) is 0. The molecule has 20 heavy (non-hydrogen) atoms. The molecule has 0 amide bonds. The fraction of sp³-hybridized carbons (Fsp3) is 0.111. The van der Waals surface area contributed by atoms with Gasteiger partial charge >= 0.3 is 0 Å². The van der Waals surface area contributed by atoms with Crippen molar-refractivity contribution < 1.29 is 4.74 Å². The number of benzene rings is 2. The lowest BCUT2D eigenvalue weighted by Crippen LogP contribution is -1.98. The highest BCUT2D eigenvalue weighted by molar-refractivity contribution is 5.64. The molecule has 1 N–H and O–H groups in total. The smallest absolute Gasteiger partial charge is 0.150 e. The summed E-state index contributed by atoms with van der Waals surface area (Å²) in [5.41, 5.74) is 3.72. The van der Waals surface area contributed by atoms with E-state index in [0.717, 1.165) is 17.2 Å². The summed E-state index contributed by atoms with van der Waals surface area (Å²) in [4.78, 5) is 0. The Morgan fingerprint density at radius 3 is 2.55 bits per heavy atom. The van der Waals surface area contributed by atoms with E-state index >= 15 is 0 Å². The fourth-order valence-corrected chi connectivity index (χ4v) is 2.50. The number of anilines is 1. The summed E-state index contributed by atoms with van der Waals surface area (Å²) < 4.78 is 5.95. The zero-order valence-corrected chi connectivity index (χ0v) is 11.0. The van der Waals surface area contributed by atoms with E-state index in [1.807, 2.05) is 54.6 Å². The van der Waals surface area contributed by atoms with Crippen LogP contribution in [0.4, 0.5) is 5.69 Å². The van der Waals surface area contributed by atoms with Gasteiger partial charge in [0.25, 0.3) is 0 Å². The summed E-state index contributed by atoms with van der Waals surface area (Å²) in [6.45, 7) is 0. The Balaban J connectivity index is 1.57. The van der Waals surface area contributed by atoms with Gasteiger partial charge in [-0.2, -0.15) is 0 Å². The van der Waals surface area contributed by atoms with Gasteiger partial charge in [0.05, 0.1) is 5.69 Å². The van der Waals surface area contributed by atoms with Crippen molar-refractivity contribution in [3.63, 3.8) is 0 Å². The topological polar surface area (TPSA) is 21.3 Å². The van der Waals surface area contributed by atoms with Crippen LogP contribution in [0.2, 0.25) is 0 Å². The SMILES string of the molecule is C1=C(Nc2ccccc2Oc2ccccc2)C=C2C[C@@H]12. The first-order chi connectivity index (χ1) is 9.88. The Hall–Kier alpha value is -2.48. The maximum Gasteiger partial charge on any atom is 0.150 e. The Labute approximate surface area is 118 Å². The second kappa shape index (κ2) is 4.57. The Morgan fingerprint density at radius 1 is 0.950 bits per heavy atom. The number of rotatable bonds is 4. The highest BCUT2D eigenvalue weighted by Crippen LogP contribution is 2.45. The first-order valence-electron chi connectivity index (χ1n) is 6.90. The number of fused-ring (bicyclic) bond motifs is 1. The van der Waals surface area contributed by atoms with Crippen molar-refractivity contribution in [2.75, 3.05) is 5.32 Å². The molecule has 1 atom stereocenters. The minimum absolute atomic E-state index is 0.694. The van der Waals surface area contributed by atoms with Gasteiger partial charge in [-0.3, -0.25) is 0 Å². The second-order valence-electron chi connectivity index (χ2n) is 5.19. The first-order valence-corrected chi connectivity index (χ1v) is 6.90. The summed E-state index contributed by atoms with van der Waals surface area (Å²) in [6.07, 6.45) is 5.77. The third-order valence-electron chi connectivity index (χ3n) is 3.63. The van der Waals surface area contributed by atoms with Gasteiger partial charge in [0.2, 0.25) is 0 Å². The quantitative estimate of drug-likeness (QED) is 0.858. The van der Waals surface area contributed by atoms with Crippen LogP contribution in [-0.2, 0) is 0 Å². The molecule has 0 bridgehead atoms. The van der Waals surface area contributed by atoms with E-state index in [1.165, 1.54) is 17.7 Å². The van der Waals surface area contributed by atoms with E-state index in [4.69, 9.17) is 4.74 Å². The van der Waals surface area contributed by atoms with Gasteiger partial charge in [-0.1, -0.05) is 42.0 Å². The molecule has 1 fully saturated rings. The lowest BCUT2D eigenvalue weighted by molar-refractivity contribution is 0.485. The van der Waals surface area contributed by atoms with Crippen molar-refractivity contribution in [2.24, 2.45) is 5.92 Å². The summed E-state index contributed by atoms with van der Waals surface area (Å²) in [6, 6.07) is 17.9. The third kappa shape index (κ3) is 2.21. The van der Waals surface area contributed by atoms with Gasteiger partial charge in [-0.15, -0.1) is 0 Å². The average molecular weight is 261 g/mol. The van der Waals surface area contributed by atoms with Crippen LogP contribution in [0.1, 0.15) is 6.42 Å². The molecule has 1 saturated carbocycles. The number of hydrogen-bond donors (Lipinski definition) is 1. The van der Waals surface area contributed by atoms with Gasteiger partial charge < -0.3 is 10.1 Å². The molecule has 2 aromatic rings. The molecule has 2 heteroatoms. The van der Waals surface area contributed by atoms with Crippen LogP contribution in [0, 0.1) is 5.92 Å². The van der Waals surface area contributed by atoms with E-state index < -0.39 is 0 Å². The molecule has 2 aliphatic rings. The zero-order chi connectivity index (χ0) is 13.4. The molecule has 0 aliphatic heterocycles. The summed E-state index contributed by atoms with van der Waals surface area (Å²) in [5, 5.41) is 3.45. The number of allylic oxidation sites excluding steroid dienone is 3. The molecular weight excluding hydrogens is 246 g/mol. The lowest BCUT2D eigenvalue weighted by Gasteiger charge is -2.13. The predicted molar refractivity (Wildman–Crippen MR) is 80.9 cm³/mol. The van der Waals surface area contributed by atoms with Gasteiger partial charge in [-0.05, 0) is 36.8 Å². The van der Waals surface area contributed by atoms with Crippen LogP contribution >= 0.6 is 0 Å². The summed E-state index contributed by atoms with van der Waals surface area (Å²) >= 11 is 0. The first kappa shape index (κ1) is 11.4. The monoisotopic (exact) mass is 261 g/mol. The largest absolute Gasteiger partial charge is 0.455 e. The predicted octanol–water partition coefficient (Wildman–Crippen LogP) is 4.73. The second-order valence-corrected chi connectivity index (χ2v) is 5.19. The molecule has 0 spiro atoms. The van der Waals surface area contributed by atoms with Gasteiger partial charge in [0.15, 0.2) is 5.75 Å². The molecule has 0 heterocycles. The number of para-hydroxylation sites is 3. The number of hydrogen-bond acceptors (Lipinski definition) is 2. The molecule has 4 rings (SSSR count). The Bertz CT molecular complexity index is 700. The van der Waals surface area contributed by atoms with Crippen LogP contribution in [0.15, 0.2) is 78.0 Å². The molecule has 0 saturated heterocycles. The fourth-order valence-electron chi connectivity index (χ4n) is 2.50. The van der Waals surface area contributed by atoms with Crippen molar-refractivity contribution in [1.29, 1.82) is 0 Å². The molecule has 2 aliphatic carbocycles. The van der Waals surface area contributed by atoms with Gasteiger partial charge in [-0.25, -0.2) is 0 Å². The van der Waals surface area contributed by atoms with Crippen molar-refractivity contribution >= 4 is 5.69 Å². The maximum atomic E-state index is 5.95. The van der Waals surface area contributed by atoms with E-state index in [1.54, 1.807) is 0 Å². The zero-order valence-electron chi connectivity index (χ0n) is 11.0. The van der Waals surface area contributed by atoms with Crippen molar-refractivity contribution in [1.82, 2.24) is 0 Å². The summed E-state index contributed by atoms with van der Waals surface area (Å²) in [5.74, 6) is 2.39. The van der Waals surface area contributed by atoms with Crippen LogP contribution in [0.3, 0.4) is 0 Å².